The fourth-order valence-corrected chi connectivity index (χ4v) is 5.55. The van der Waals surface area contributed by atoms with Crippen LogP contribution in [0.1, 0.15) is 74.5 Å². The molecule has 4 rings (SSSR count). The van der Waals surface area contributed by atoms with Crippen molar-refractivity contribution in [2.45, 2.75) is 70.9 Å². The molecule has 5 nitrogen and oxygen atoms in total. The Hall–Kier alpha value is -3.45. The molecule has 214 valence electrons. The second-order valence-electron chi connectivity index (χ2n) is 10.6. The van der Waals surface area contributed by atoms with Crippen LogP contribution in [-0.4, -0.2) is 36.2 Å². The Morgan fingerprint density at radius 2 is 1.77 bits per heavy atom. The topological polar surface area (TPSA) is 59.0 Å². The summed E-state index contributed by atoms with van der Waals surface area (Å²) in [6.07, 6.45) is 5.92. The molecule has 0 amide bonds. The molecule has 1 aliphatic rings. The fourth-order valence-electron chi connectivity index (χ4n) is 5.55. The first kappa shape index (κ1) is 29.5. The van der Waals surface area contributed by atoms with Gasteiger partial charge in [-0.3, -0.25) is 9.69 Å². The highest BCUT2D eigenvalue weighted by Crippen LogP contribution is 2.34. The van der Waals surface area contributed by atoms with E-state index in [1.165, 1.54) is 18.9 Å². The van der Waals surface area contributed by atoms with Crippen LogP contribution in [0.25, 0.3) is 11.1 Å². The first-order valence-electron chi connectivity index (χ1n) is 14.2. The average Bonchev–Trinajstić information content (AvgIpc) is 3.21. The number of aliphatic carboxylic acids is 1. The minimum absolute atomic E-state index is 0.0981. The number of hydrogen-bond donors (Lipinski definition) is 1. The zero-order valence-electron chi connectivity index (χ0n) is 23.4. The molecular weight excluding hydrogens is 512 g/mol. The molecule has 1 aliphatic heterocycles. The zero-order chi connectivity index (χ0) is 28.5. The number of methoxy groups -OCH3 is 1. The molecular formula is C33H39F2NO4. The van der Waals surface area contributed by atoms with E-state index in [0.29, 0.717) is 29.8 Å². The lowest BCUT2D eigenvalue weighted by Crippen LogP contribution is -2.24. The molecule has 1 saturated heterocycles. The summed E-state index contributed by atoms with van der Waals surface area (Å²) >= 11 is 0. The fraction of sp³-hybridized carbons (Fsp3) is 0.424. The van der Waals surface area contributed by atoms with Crippen LogP contribution in [0.2, 0.25) is 0 Å². The number of hydrogen-bond acceptors (Lipinski definition) is 4. The monoisotopic (exact) mass is 551 g/mol. The second kappa shape index (κ2) is 14.3. The lowest BCUT2D eigenvalue weighted by atomic mass is 9.91. The number of likely N-dealkylation sites (tertiary alicyclic amines) is 1. The second-order valence-corrected chi connectivity index (χ2v) is 10.6. The van der Waals surface area contributed by atoms with Crippen LogP contribution < -0.4 is 9.47 Å². The molecule has 3 aromatic carbocycles. The summed E-state index contributed by atoms with van der Waals surface area (Å²) in [5.41, 5.74) is 3.48. The highest BCUT2D eigenvalue weighted by molar-refractivity contribution is 5.70. The lowest BCUT2D eigenvalue weighted by molar-refractivity contribution is -0.137. The van der Waals surface area contributed by atoms with Crippen molar-refractivity contribution in [3.63, 3.8) is 0 Å². The predicted molar refractivity (Wildman–Crippen MR) is 153 cm³/mol. The van der Waals surface area contributed by atoms with Crippen LogP contribution in [0.15, 0.2) is 54.6 Å². The van der Waals surface area contributed by atoms with Crippen molar-refractivity contribution in [2.75, 3.05) is 20.2 Å². The molecule has 7 heteroatoms. The molecule has 0 aliphatic carbocycles. The first-order chi connectivity index (χ1) is 19.4. The van der Waals surface area contributed by atoms with E-state index < -0.39 is 17.7 Å². The van der Waals surface area contributed by atoms with Gasteiger partial charge in [0.1, 0.15) is 18.2 Å². The average molecular weight is 552 g/mol. The summed E-state index contributed by atoms with van der Waals surface area (Å²) in [6, 6.07) is 15.5. The third kappa shape index (κ3) is 7.60. The Balaban J connectivity index is 1.61. The van der Waals surface area contributed by atoms with Crippen molar-refractivity contribution in [1.82, 2.24) is 4.90 Å². The summed E-state index contributed by atoms with van der Waals surface area (Å²) in [6.45, 7) is 4.75. The Bertz CT molecular complexity index is 1290. The van der Waals surface area contributed by atoms with Gasteiger partial charge >= 0.3 is 5.97 Å². The minimum Gasteiger partial charge on any atom is -0.497 e. The number of carboxylic acids is 1. The van der Waals surface area contributed by atoms with Gasteiger partial charge in [-0.15, -0.1) is 0 Å². The van der Waals surface area contributed by atoms with Gasteiger partial charge in [0.05, 0.1) is 13.5 Å². The van der Waals surface area contributed by atoms with Gasteiger partial charge in [-0.1, -0.05) is 56.5 Å². The third-order valence-corrected chi connectivity index (χ3v) is 7.61. The normalized spacial score (nSPS) is 14.9. The first-order valence-corrected chi connectivity index (χ1v) is 14.2. The maximum atomic E-state index is 15.4. The van der Waals surface area contributed by atoms with Crippen molar-refractivity contribution < 1.29 is 28.2 Å². The van der Waals surface area contributed by atoms with E-state index >= 15 is 4.39 Å². The molecule has 1 heterocycles. The number of carboxylic acid groups (broad SMARTS) is 1. The Labute approximate surface area is 235 Å². The third-order valence-electron chi connectivity index (χ3n) is 7.61. The maximum Gasteiger partial charge on any atom is 0.303 e. The summed E-state index contributed by atoms with van der Waals surface area (Å²) in [5.74, 6) is -1.51. The number of rotatable bonds is 12. The van der Waals surface area contributed by atoms with Gasteiger partial charge in [-0.05, 0) is 84.8 Å². The number of nitrogens with zero attached hydrogens (tertiary/aromatic N) is 1. The van der Waals surface area contributed by atoms with Crippen LogP contribution in [0.4, 0.5) is 8.78 Å². The van der Waals surface area contributed by atoms with Crippen molar-refractivity contribution >= 4 is 5.97 Å². The van der Waals surface area contributed by atoms with E-state index in [4.69, 9.17) is 9.47 Å². The van der Waals surface area contributed by atoms with Crippen LogP contribution in [-0.2, 0) is 17.9 Å². The van der Waals surface area contributed by atoms with Crippen LogP contribution in [0.3, 0.4) is 0 Å². The largest absolute Gasteiger partial charge is 0.497 e. The molecule has 40 heavy (non-hydrogen) atoms. The van der Waals surface area contributed by atoms with E-state index in [0.717, 1.165) is 49.0 Å². The van der Waals surface area contributed by atoms with E-state index in [1.807, 2.05) is 25.1 Å². The standard InChI is InChI=1S/C33H39F2NO4/c1-3-9-24(19-32(37)38)28-10-8-11-31(33(28)35)40-22-23-12-14-27(29-20-26(39-2)13-15-30(29)34)25(18-23)21-36-16-6-4-5-7-17-36/h8,10-15,18,20,24H,3-7,9,16-17,19,21-22H2,1-2H3,(H,37,38)/t24-/m0/s1. The van der Waals surface area contributed by atoms with Crippen LogP contribution in [0, 0.1) is 11.6 Å². The van der Waals surface area contributed by atoms with E-state index in [1.54, 1.807) is 37.4 Å². The summed E-state index contributed by atoms with van der Waals surface area (Å²) in [7, 11) is 1.57. The minimum atomic E-state index is -0.950. The molecule has 0 saturated carbocycles. The number of carbonyl (C=O) groups is 1. The van der Waals surface area contributed by atoms with Crippen molar-refractivity contribution in [3.05, 3.63) is 82.9 Å². The molecule has 3 aromatic rings. The Morgan fingerprint density at radius 3 is 2.48 bits per heavy atom. The number of benzene rings is 3. The van der Waals surface area contributed by atoms with Crippen molar-refractivity contribution in [1.29, 1.82) is 0 Å². The molecule has 0 spiro atoms. The van der Waals surface area contributed by atoms with Gasteiger partial charge in [-0.25, -0.2) is 8.78 Å². The van der Waals surface area contributed by atoms with Gasteiger partial charge in [-0.2, -0.15) is 0 Å². The number of ether oxygens (including phenoxy) is 2. The summed E-state index contributed by atoms with van der Waals surface area (Å²) in [4.78, 5) is 13.8. The Kier molecular flexibility index (Phi) is 10.5. The molecule has 1 N–H and O–H groups in total. The van der Waals surface area contributed by atoms with Gasteiger partial charge in [0.15, 0.2) is 11.6 Å². The van der Waals surface area contributed by atoms with Gasteiger partial charge < -0.3 is 14.6 Å². The zero-order valence-corrected chi connectivity index (χ0v) is 23.4. The van der Waals surface area contributed by atoms with Gasteiger partial charge in [0.25, 0.3) is 0 Å². The van der Waals surface area contributed by atoms with Crippen molar-refractivity contribution in [2.24, 2.45) is 0 Å². The molecule has 1 fully saturated rings. The van der Waals surface area contributed by atoms with Crippen LogP contribution in [0.5, 0.6) is 11.5 Å². The van der Waals surface area contributed by atoms with Crippen LogP contribution >= 0.6 is 0 Å². The van der Waals surface area contributed by atoms with Gasteiger partial charge in [0, 0.05) is 12.1 Å². The van der Waals surface area contributed by atoms with E-state index in [-0.39, 0.29) is 24.6 Å². The highest BCUT2D eigenvalue weighted by Gasteiger charge is 2.21. The quantitative estimate of drug-likeness (QED) is 0.248. The Morgan fingerprint density at radius 1 is 1.00 bits per heavy atom. The van der Waals surface area contributed by atoms with Crippen molar-refractivity contribution in [3.8, 4) is 22.6 Å². The van der Waals surface area contributed by atoms with Gasteiger partial charge in [0.2, 0.25) is 0 Å². The van der Waals surface area contributed by atoms with E-state index in [9.17, 15) is 14.3 Å². The summed E-state index contributed by atoms with van der Waals surface area (Å²) < 4.78 is 41.7. The summed E-state index contributed by atoms with van der Waals surface area (Å²) in [5, 5.41) is 9.31. The molecule has 0 radical (unpaired) electrons. The lowest BCUT2D eigenvalue weighted by Gasteiger charge is -2.23. The predicted octanol–water partition coefficient (Wildman–Crippen LogP) is 7.95. The smallest absolute Gasteiger partial charge is 0.303 e. The SMILES string of the molecule is CCC[C@@H](CC(=O)O)c1cccc(OCc2ccc(-c3cc(OC)ccc3F)c(CN3CCCCCC3)c2)c1F. The molecule has 0 aromatic heterocycles. The maximum absolute atomic E-state index is 15.4. The molecule has 0 unspecified atom stereocenters. The highest BCUT2D eigenvalue weighted by atomic mass is 19.1. The number of halogens is 2. The van der Waals surface area contributed by atoms with E-state index in [2.05, 4.69) is 4.90 Å². The molecule has 0 bridgehead atoms. The molecule has 1 atom stereocenters.